The van der Waals surface area contributed by atoms with Gasteiger partial charge in [0, 0.05) is 25.6 Å². The van der Waals surface area contributed by atoms with Crippen molar-refractivity contribution in [3.05, 3.63) is 34.9 Å². The standard InChI is InChI=1S/C14H15F2NO3/c1-8-4-10(12(16)6-11(8)15)14(20)17-3-2-9(7-17)5-13(18)19/h4,6,9H,2-3,5,7H2,1H3,(H,18,19). The van der Waals surface area contributed by atoms with E-state index in [1.807, 2.05) is 0 Å². The number of carboxylic acid groups (broad SMARTS) is 1. The number of carboxylic acids is 1. The average molecular weight is 283 g/mol. The van der Waals surface area contributed by atoms with Crippen LogP contribution in [0.1, 0.15) is 28.8 Å². The summed E-state index contributed by atoms with van der Waals surface area (Å²) in [5.41, 5.74) is 0.0379. The molecule has 2 rings (SSSR count). The lowest BCUT2D eigenvalue weighted by Gasteiger charge is -2.17. The lowest BCUT2D eigenvalue weighted by atomic mass is 10.1. The first kappa shape index (κ1) is 14.4. The molecule has 108 valence electrons. The number of aliphatic carboxylic acids is 1. The predicted octanol–water partition coefficient (Wildman–Crippen LogP) is 2.21. The van der Waals surface area contributed by atoms with Gasteiger partial charge in [0.15, 0.2) is 0 Å². The Hall–Kier alpha value is -1.98. The number of hydrogen-bond acceptors (Lipinski definition) is 2. The second kappa shape index (κ2) is 5.56. The van der Waals surface area contributed by atoms with Gasteiger partial charge < -0.3 is 10.0 Å². The van der Waals surface area contributed by atoms with Crippen LogP contribution in [0.4, 0.5) is 8.78 Å². The highest BCUT2D eigenvalue weighted by Gasteiger charge is 2.29. The molecule has 1 unspecified atom stereocenters. The zero-order valence-corrected chi connectivity index (χ0v) is 11.0. The van der Waals surface area contributed by atoms with Crippen LogP contribution in [-0.2, 0) is 4.79 Å². The summed E-state index contributed by atoms with van der Waals surface area (Å²) in [4.78, 5) is 24.2. The van der Waals surface area contributed by atoms with Crippen LogP contribution in [0.2, 0.25) is 0 Å². The van der Waals surface area contributed by atoms with Gasteiger partial charge in [-0.3, -0.25) is 9.59 Å². The molecule has 0 aromatic heterocycles. The van der Waals surface area contributed by atoms with Crippen molar-refractivity contribution in [2.24, 2.45) is 5.92 Å². The number of carbonyl (C=O) groups excluding carboxylic acids is 1. The SMILES string of the molecule is Cc1cc(C(=O)N2CCC(CC(=O)O)C2)c(F)cc1F. The molecule has 1 saturated heterocycles. The highest BCUT2D eigenvalue weighted by atomic mass is 19.1. The van der Waals surface area contributed by atoms with Gasteiger partial charge in [0.05, 0.1) is 5.56 Å². The van der Waals surface area contributed by atoms with Crippen molar-refractivity contribution in [3.8, 4) is 0 Å². The second-order valence-electron chi connectivity index (χ2n) is 5.08. The van der Waals surface area contributed by atoms with Crippen molar-refractivity contribution in [2.45, 2.75) is 19.8 Å². The minimum absolute atomic E-state index is 0.00525. The normalized spacial score (nSPS) is 18.4. The molecule has 1 N–H and O–H groups in total. The van der Waals surface area contributed by atoms with E-state index in [1.165, 1.54) is 17.9 Å². The van der Waals surface area contributed by atoms with Gasteiger partial charge in [0.1, 0.15) is 11.6 Å². The van der Waals surface area contributed by atoms with E-state index < -0.39 is 23.5 Å². The molecule has 4 nitrogen and oxygen atoms in total. The number of carbonyl (C=O) groups is 2. The smallest absolute Gasteiger partial charge is 0.303 e. The molecule has 1 aliphatic rings. The van der Waals surface area contributed by atoms with Crippen molar-refractivity contribution in [2.75, 3.05) is 13.1 Å². The Labute approximate surface area is 115 Å². The fourth-order valence-corrected chi connectivity index (χ4v) is 2.42. The Morgan fingerprint density at radius 2 is 2.05 bits per heavy atom. The van der Waals surface area contributed by atoms with E-state index in [0.29, 0.717) is 25.6 Å². The summed E-state index contributed by atoms with van der Waals surface area (Å²) in [6.07, 6.45) is 0.578. The number of rotatable bonds is 3. The van der Waals surface area contributed by atoms with Gasteiger partial charge >= 0.3 is 5.97 Å². The molecule has 0 saturated carbocycles. The summed E-state index contributed by atoms with van der Waals surface area (Å²) in [7, 11) is 0. The Kier molecular flexibility index (Phi) is 4.01. The van der Waals surface area contributed by atoms with Crippen molar-refractivity contribution in [3.63, 3.8) is 0 Å². The van der Waals surface area contributed by atoms with E-state index in [0.717, 1.165) is 0 Å². The van der Waals surface area contributed by atoms with E-state index in [-0.39, 0.29) is 23.5 Å². The summed E-state index contributed by atoms with van der Waals surface area (Å²) in [5, 5.41) is 8.72. The number of nitrogens with zero attached hydrogens (tertiary/aromatic N) is 1. The molecular weight excluding hydrogens is 268 g/mol. The van der Waals surface area contributed by atoms with Gasteiger partial charge in [-0.05, 0) is 30.9 Å². The number of halogens is 2. The number of benzene rings is 1. The van der Waals surface area contributed by atoms with E-state index >= 15 is 0 Å². The quantitative estimate of drug-likeness (QED) is 0.925. The van der Waals surface area contributed by atoms with Crippen molar-refractivity contribution in [1.29, 1.82) is 0 Å². The highest BCUT2D eigenvalue weighted by molar-refractivity contribution is 5.95. The van der Waals surface area contributed by atoms with Crippen LogP contribution in [0.3, 0.4) is 0 Å². The van der Waals surface area contributed by atoms with Gasteiger partial charge in [-0.15, -0.1) is 0 Å². The third-order valence-corrected chi connectivity index (χ3v) is 3.52. The molecule has 1 aliphatic heterocycles. The molecule has 1 aromatic carbocycles. The largest absolute Gasteiger partial charge is 0.481 e. The minimum atomic E-state index is -0.909. The maximum atomic E-state index is 13.7. The molecule has 1 aromatic rings. The zero-order valence-electron chi connectivity index (χ0n) is 11.0. The van der Waals surface area contributed by atoms with E-state index in [1.54, 1.807) is 0 Å². The third kappa shape index (κ3) is 2.95. The van der Waals surface area contributed by atoms with Gasteiger partial charge in [-0.25, -0.2) is 8.78 Å². The third-order valence-electron chi connectivity index (χ3n) is 3.52. The van der Waals surface area contributed by atoms with Crippen LogP contribution in [0.5, 0.6) is 0 Å². The molecule has 1 heterocycles. The molecule has 6 heteroatoms. The second-order valence-corrected chi connectivity index (χ2v) is 5.08. The molecular formula is C14H15F2NO3. The Balaban J connectivity index is 2.13. The topological polar surface area (TPSA) is 57.6 Å². The van der Waals surface area contributed by atoms with Crippen molar-refractivity contribution < 1.29 is 23.5 Å². The summed E-state index contributed by atoms with van der Waals surface area (Å²) in [6.45, 7) is 2.15. The van der Waals surface area contributed by atoms with Gasteiger partial charge in [-0.1, -0.05) is 0 Å². The molecule has 1 fully saturated rings. The van der Waals surface area contributed by atoms with Crippen LogP contribution in [-0.4, -0.2) is 35.0 Å². The van der Waals surface area contributed by atoms with E-state index in [2.05, 4.69) is 0 Å². The summed E-state index contributed by atoms with van der Waals surface area (Å²) >= 11 is 0. The van der Waals surface area contributed by atoms with E-state index in [4.69, 9.17) is 5.11 Å². The van der Waals surface area contributed by atoms with Crippen LogP contribution < -0.4 is 0 Å². The van der Waals surface area contributed by atoms with Gasteiger partial charge in [0.25, 0.3) is 5.91 Å². The van der Waals surface area contributed by atoms with Gasteiger partial charge in [0.2, 0.25) is 0 Å². The lowest BCUT2D eigenvalue weighted by molar-refractivity contribution is -0.138. The Bertz CT molecular complexity index is 560. The van der Waals surface area contributed by atoms with Crippen LogP contribution >= 0.6 is 0 Å². The fraction of sp³-hybridized carbons (Fsp3) is 0.429. The molecule has 1 atom stereocenters. The molecule has 20 heavy (non-hydrogen) atoms. The minimum Gasteiger partial charge on any atom is -0.481 e. The Morgan fingerprint density at radius 3 is 2.70 bits per heavy atom. The average Bonchev–Trinajstić information content (AvgIpc) is 2.80. The number of aryl methyl sites for hydroxylation is 1. The summed E-state index contributed by atoms with van der Waals surface area (Å²) < 4.78 is 26.8. The number of amides is 1. The predicted molar refractivity (Wildman–Crippen MR) is 67.4 cm³/mol. The summed E-state index contributed by atoms with van der Waals surface area (Å²) in [6, 6.07) is 1.89. The highest BCUT2D eigenvalue weighted by Crippen LogP contribution is 2.23. The molecule has 0 spiro atoms. The van der Waals surface area contributed by atoms with Crippen molar-refractivity contribution >= 4 is 11.9 Å². The van der Waals surface area contributed by atoms with Crippen LogP contribution in [0, 0.1) is 24.5 Å². The van der Waals surface area contributed by atoms with Crippen LogP contribution in [0.25, 0.3) is 0 Å². The zero-order chi connectivity index (χ0) is 14.9. The number of likely N-dealkylation sites (tertiary alicyclic amines) is 1. The van der Waals surface area contributed by atoms with Gasteiger partial charge in [-0.2, -0.15) is 0 Å². The first-order valence-corrected chi connectivity index (χ1v) is 6.35. The Morgan fingerprint density at radius 1 is 1.35 bits per heavy atom. The maximum Gasteiger partial charge on any atom is 0.303 e. The van der Waals surface area contributed by atoms with E-state index in [9.17, 15) is 18.4 Å². The fourth-order valence-electron chi connectivity index (χ4n) is 2.42. The van der Waals surface area contributed by atoms with Crippen LogP contribution in [0.15, 0.2) is 12.1 Å². The maximum absolute atomic E-state index is 13.7. The summed E-state index contributed by atoms with van der Waals surface area (Å²) in [5.74, 6) is -3.11. The lowest BCUT2D eigenvalue weighted by Crippen LogP contribution is -2.30. The first-order chi connectivity index (χ1) is 9.38. The number of hydrogen-bond donors (Lipinski definition) is 1. The van der Waals surface area contributed by atoms with Crippen molar-refractivity contribution in [1.82, 2.24) is 4.90 Å². The monoisotopic (exact) mass is 283 g/mol. The molecule has 0 radical (unpaired) electrons. The molecule has 0 bridgehead atoms. The first-order valence-electron chi connectivity index (χ1n) is 6.35. The molecule has 1 amide bonds. The molecule has 0 aliphatic carbocycles.